The van der Waals surface area contributed by atoms with Gasteiger partial charge in [-0.3, -0.25) is 10.1 Å². The highest BCUT2D eigenvalue weighted by Gasteiger charge is 2.24. The smallest absolute Gasteiger partial charge is 0.277 e. The van der Waals surface area contributed by atoms with Crippen molar-refractivity contribution in [2.45, 2.75) is 19.0 Å². The Labute approximate surface area is 162 Å². The topological polar surface area (TPSA) is 73.6 Å². The van der Waals surface area contributed by atoms with Crippen molar-refractivity contribution >= 4 is 5.69 Å². The van der Waals surface area contributed by atoms with Gasteiger partial charge in [-0.15, -0.1) is 0 Å². The van der Waals surface area contributed by atoms with Gasteiger partial charge in [0.25, 0.3) is 5.69 Å². The Morgan fingerprint density at radius 2 is 1.61 bits per heavy atom. The van der Waals surface area contributed by atoms with E-state index in [-0.39, 0.29) is 23.4 Å². The molecule has 0 amide bonds. The Hall–Kier alpha value is -3.38. The third-order valence-corrected chi connectivity index (χ3v) is 4.79. The predicted octanol–water partition coefficient (Wildman–Crippen LogP) is 4.40. The molecular formula is C22H20N2O4. The van der Waals surface area contributed by atoms with Crippen LogP contribution in [0, 0.1) is 10.1 Å². The van der Waals surface area contributed by atoms with Crippen LogP contribution < -0.4 is 14.8 Å². The molecule has 0 radical (unpaired) electrons. The summed E-state index contributed by atoms with van der Waals surface area (Å²) >= 11 is 0. The Bertz CT molecular complexity index is 961. The summed E-state index contributed by atoms with van der Waals surface area (Å²) in [7, 11) is 0. The minimum absolute atomic E-state index is 0.0219. The van der Waals surface area contributed by atoms with Gasteiger partial charge in [0, 0.05) is 18.2 Å². The SMILES string of the molecule is O=[N+]([O-])c1cc2c(cc1CN[C@H](Cc1ccccc1)c1ccccc1)OCO2. The van der Waals surface area contributed by atoms with Crippen LogP contribution in [0.4, 0.5) is 5.69 Å². The number of nitro benzene ring substituents is 1. The third kappa shape index (κ3) is 3.97. The summed E-state index contributed by atoms with van der Waals surface area (Å²) in [5, 5.41) is 15.0. The van der Waals surface area contributed by atoms with Crippen LogP contribution in [0.2, 0.25) is 0 Å². The number of hydrogen-bond acceptors (Lipinski definition) is 5. The number of nitro groups is 1. The number of ether oxygens (including phenoxy) is 2. The first-order chi connectivity index (χ1) is 13.7. The molecule has 1 aliphatic rings. The molecule has 142 valence electrons. The van der Waals surface area contributed by atoms with Crippen molar-refractivity contribution in [2.24, 2.45) is 0 Å². The van der Waals surface area contributed by atoms with Gasteiger partial charge in [-0.2, -0.15) is 0 Å². The molecule has 1 N–H and O–H groups in total. The van der Waals surface area contributed by atoms with E-state index in [0.29, 0.717) is 23.6 Å². The Balaban J connectivity index is 1.59. The van der Waals surface area contributed by atoms with Gasteiger partial charge in [0.05, 0.1) is 11.0 Å². The maximum absolute atomic E-state index is 11.5. The molecule has 0 aliphatic carbocycles. The van der Waals surface area contributed by atoms with Gasteiger partial charge < -0.3 is 14.8 Å². The minimum Gasteiger partial charge on any atom is -0.454 e. The van der Waals surface area contributed by atoms with Crippen LogP contribution in [-0.2, 0) is 13.0 Å². The number of fused-ring (bicyclic) bond motifs is 1. The number of nitrogens with one attached hydrogen (secondary N) is 1. The monoisotopic (exact) mass is 376 g/mol. The molecule has 0 bridgehead atoms. The summed E-state index contributed by atoms with van der Waals surface area (Å²) in [4.78, 5) is 11.1. The summed E-state index contributed by atoms with van der Waals surface area (Å²) < 4.78 is 10.7. The highest BCUT2D eigenvalue weighted by atomic mass is 16.7. The van der Waals surface area contributed by atoms with Crippen LogP contribution in [0.15, 0.2) is 72.8 Å². The average molecular weight is 376 g/mol. The molecule has 0 saturated carbocycles. The van der Waals surface area contributed by atoms with Crippen molar-refractivity contribution in [3.05, 3.63) is 99.6 Å². The molecule has 6 heteroatoms. The number of nitrogens with zero attached hydrogens (tertiary/aromatic N) is 1. The van der Waals surface area contributed by atoms with Gasteiger partial charge in [-0.05, 0) is 23.6 Å². The lowest BCUT2D eigenvalue weighted by Gasteiger charge is -2.20. The molecule has 0 unspecified atom stereocenters. The van der Waals surface area contributed by atoms with Crippen molar-refractivity contribution in [3.8, 4) is 11.5 Å². The van der Waals surface area contributed by atoms with Gasteiger partial charge in [-0.1, -0.05) is 60.7 Å². The van der Waals surface area contributed by atoms with Crippen molar-refractivity contribution in [3.63, 3.8) is 0 Å². The zero-order valence-corrected chi connectivity index (χ0v) is 15.2. The lowest BCUT2D eigenvalue weighted by Crippen LogP contribution is -2.23. The fourth-order valence-electron chi connectivity index (χ4n) is 3.36. The maximum atomic E-state index is 11.5. The van der Waals surface area contributed by atoms with Crippen molar-refractivity contribution in [1.82, 2.24) is 5.32 Å². The molecule has 0 saturated heterocycles. The first-order valence-electron chi connectivity index (χ1n) is 9.10. The van der Waals surface area contributed by atoms with E-state index in [1.807, 2.05) is 36.4 Å². The second-order valence-electron chi connectivity index (χ2n) is 6.63. The molecule has 1 aliphatic heterocycles. The van der Waals surface area contributed by atoms with E-state index in [1.165, 1.54) is 11.6 Å². The van der Waals surface area contributed by atoms with Crippen LogP contribution in [-0.4, -0.2) is 11.7 Å². The summed E-state index contributed by atoms with van der Waals surface area (Å²) in [5.74, 6) is 0.959. The van der Waals surface area contributed by atoms with Gasteiger partial charge in [-0.25, -0.2) is 0 Å². The molecule has 0 aromatic heterocycles. The van der Waals surface area contributed by atoms with Crippen molar-refractivity contribution in [1.29, 1.82) is 0 Å². The number of hydrogen-bond donors (Lipinski definition) is 1. The summed E-state index contributed by atoms with van der Waals surface area (Å²) in [6.45, 7) is 0.434. The largest absolute Gasteiger partial charge is 0.454 e. The molecule has 28 heavy (non-hydrogen) atoms. The molecule has 0 fully saturated rings. The standard InChI is InChI=1S/C22H20N2O4/c25-24(26)20-13-22-21(27-15-28-22)12-18(20)14-23-19(17-9-5-2-6-10-17)11-16-7-3-1-4-8-16/h1-10,12-13,19,23H,11,14-15H2/t19-/m1/s1. The second-order valence-corrected chi connectivity index (χ2v) is 6.63. The molecule has 4 rings (SSSR count). The summed E-state index contributed by atoms with van der Waals surface area (Å²) in [5.41, 5.74) is 2.94. The van der Waals surface area contributed by atoms with E-state index >= 15 is 0 Å². The van der Waals surface area contributed by atoms with Gasteiger partial charge >= 0.3 is 0 Å². The molecule has 3 aromatic carbocycles. The quantitative estimate of drug-likeness (QED) is 0.489. The summed E-state index contributed by atoms with van der Waals surface area (Å²) in [6.07, 6.45) is 0.781. The van der Waals surface area contributed by atoms with Gasteiger partial charge in [0.2, 0.25) is 6.79 Å². The van der Waals surface area contributed by atoms with Crippen molar-refractivity contribution in [2.75, 3.05) is 6.79 Å². The van der Waals surface area contributed by atoms with Crippen LogP contribution in [0.25, 0.3) is 0 Å². The molecule has 6 nitrogen and oxygen atoms in total. The maximum Gasteiger partial charge on any atom is 0.277 e. The third-order valence-electron chi connectivity index (χ3n) is 4.79. The summed E-state index contributed by atoms with van der Waals surface area (Å²) in [6, 6.07) is 23.4. The fraction of sp³-hybridized carbons (Fsp3) is 0.182. The van der Waals surface area contributed by atoms with E-state index < -0.39 is 0 Å². The Morgan fingerprint density at radius 3 is 2.29 bits per heavy atom. The van der Waals surface area contributed by atoms with Crippen molar-refractivity contribution < 1.29 is 14.4 Å². The first kappa shape index (κ1) is 18.0. The molecule has 0 spiro atoms. The Morgan fingerprint density at radius 1 is 0.964 bits per heavy atom. The van der Waals surface area contributed by atoms with Gasteiger partial charge in [0.1, 0.15) is 0 Å². The molecule has 1 atom stereocenters. The second kappa shape index (κ2) is 8.10. The number of rotatable bonds is 7. The van der Waals surface area contributed by atoms with Crippen LogP contribution in [0.5, 0.6) is 11.5 Å². The lowest BCUT2D eigenvalue weighted by molar-refractivity contribution is -0.385. The minimum atomic E-state index is -0.381. The predicted molar refractivity (Wildman–Crippen MR) is 105 cm³/mol. The Kier molecular flexibility index (Phi) is 5.21. The van der Waals surface area contributed by atoms with E-state index in [0.717, 1.165) is 12.0 Å². The van der Waals surface area contributed by atoms with Gasteiger partial charge in [0.15, 0.2) is 11.5 Å². The van der Waals surface area contributed by atoms with Crippen LogP contribution in [0.3, 0.4) is 0 Å². The first-order valence-corrected chi connectivity index (χ1v) is 9.10. The molecular weight excluding hydrogens is 356 g/mol. The highest BCUT2D eigenvalue weighted by Crippen LogP contribution is 2.38. The van der Waals surface area contributed by atoms with Crippen LogP contribution in [0.1, 0.15) is 22.7 Å². The molecule has 3 aromatic rings. The number of benzene rings is 3. The zero-order chi connectivity index (χ0) is 19.3. The normalized spacial score (nSPS) is 13.3. The fourth-order valence-corrected chi connectivity index (χ4v) is 3.36. The highest BCUT2D eigenvalue weighted by molar-refractivity contribution is 5.55. The van der Waals surface area contributed by atoms with E-state index in [1.54, 1.807) is 6.07 Å². The van der Waals surface area contributed by atoms with E-state index in [9.17, 15) is 10.1 Å². The zero-order valence-electron chi connectivity index (χ0n) is 15.2. The lowest BCUT2D eigenvalue weighted by atomic mass is 9.98. The van der Waals surface area contributed by atoms with E-state index in [2.05, 4.69) is 29.6 Å². The average Bonchev–Trinajstić information content (AvgIpc) is 3.19. The van der Waals surface area contributed by atoms with Crippen LogP contribution >= 0.6 is 0 Å². The van der Waals surface area contributed by atoms with E-state index in [4.69, 9.17) is 9.47 Å². The molecule has 1 heterocycles.